The van der Waals surface area contributed by atoms with Crippen LogP contribution in [0.4, 0.5) is 0 Å². The van der Waals surface area contributed by atoms with Crippen LogP contribution in [0, 0.1) is 0 Å². The van der Waals surface area contributed by atoms with Crippen LogP contribution >= 0.6 is 0 Å². The molecule has 108 valence electrons. The van der Waals surface area contributed by atoms with Crippen molar-refractivity contribution < 1.29 is 9.84 Å². The second kappa shape index (κ2) is 11.0. The Morgan fingerprint density at radius 2 is 1.79 bits per heavy atom. The Morgan fingerprint density at radius 3 is 2.32 bits per heavy atom. The van der Waals surface area contributed by atoms with E-state index in [-0.39, 0.29) is 0 Å². The predicted octanol–water partition coefficient (Wildman–Crippen LogP) is 2.69. The summed E-state index contributed by atoms with van der Waals surface area (Å²) in [6.45, 7) is 7.43. The molecule has 3 heteroatoms. The monoisotopic (exact) mass is 265 g/mol. The molecule has 1 aromatic carbocycles. The molecule has 1 fully saturated rings. The minimum absolute atomic E-state index is 0.355. The number of rotatable bonds is 5. The van der Waals surface area contributed by atoms with Gasteiger partial charge in [-0.15, -0.1) is 0 Å². The highest BCUT2D eigenvalue weighted by atomic mass is 16.5. The third-order valence-electron chi connectivity index (χ3n) is 3.11. The van der Waals surface area contributed by atoms with Gasteiger partial charge in [-0.3, -0.25) is 4.90 Å². The number of benzene rings is 1. The van der Waals surface area contributed by atoms with E-state index in [2.05, 4.69) is 42.2 Å². The van der Waals surface area contributed by atoms with Crippen LogP contribution in [0.25, 0.3) is 0 Å². The number of morpholine rings is 1. The molecule has 1 saturated heterocycles. The molecule has 1 heterocycles. The SMILES string of the molecule is CCCCCO.c1ccc(CN2CCOCC2)cc1. The van der Waals surface area contributed by atoms with E-state index < -0.39 is 0 Å². The summed E-state index contributed by atoms with van der Waals surface area (Å²) < 4.78 is 5.30. The van der Waals surface area contributed by atoms with E-state index in [1.807, 2.05) is 0 Å². The van der Waals surface area contributed by atoms with Crippen molar-refractivity contribution in [3.8, 4) is 0 Å². The van der Waals surface area contributed by atoms with Gasteiger partial charge in [-0.1, -0.05) is 50.1 Å². The Hall–Kier alpha value is -0.900. The number of hydrogen-bond acceptors (Lipinski definition) is 3. The van der Waals surface area contributed by atoms with Gasteiger partial charge in [0.05, 0.1) is 13.2 Å². The Morgan fingerprint density at radius 1 is 1.11 bits per heavy atom. The molecule has 0 saturated carbocycles. The van der Waals surface area contributed by atoms with E-state index in [1.54, 1.807) is 0 Å². The molecule has 1 aromatic rings. The number of unbranched alkanes of at least 4 members (excludes halogenated alkanes) is 2. The molecule has 3 nitrogen and oxygen atoms in total. The molecule has 2 rings (SSSR count). The van der Waals surface area contributed by atoms with E-state index in [9.17, 15) is 0 Å². The van der Waals surface area contributed by atoms with Gasteiger partial charge in [-0.05, 0) is 12.0 Å². The molecule has 1 aliphatic heterocycles. The lowest BCUT2D eigenvalue weighted by molar-refractivity contribution is 0.0342. The number of aliphatic hydroxyl groups is 1. The normalized spacial score (nSPS) is 15.7. The Labute approximate surface area is 117 Å². The minimum Gasteiger partial charge on any atom is -0.396 e. The predicted molar refractivity (Wildman–Crippen MR) is 79.1 cm³/mol. The van der Waals surface area contributed by atoms with Gasteiger partial charge in [0.25, 0.3) is 0 Å². The van der Waals surface area contributed by atoms with Crippen molar-refractivity contribution in [2.24, 2.45) is 0 Å². The van der Waals surface area contributed by atoms with Crippen molar-refractivity contribution >= 4 is 0 Å². The van der Waals surface area contributed by atoms with E-state index in [0.717, 1.165) is 45.7 Å². The van der Waals surface area contributed by atoms with E-state index in [1.165, 1.54) is 12.0 Å². The van der Waals surface area contributed by atoms with E-state index in [4.69, 9.17) is 9.84 Å². The first kappa shape index (κ1) is 16.2. The summed E-state index contributed by atoms with van der Waals surface area (Å²) in [5, 5.41) is 8.20. The van der Waals surface area contributed by atoms with E-state index in [0.29, 0.717) is 6.61 Å². The summed E-state index contributed by atoms with van der Waals surface area (Å²) in [5.74, 6) is 0. The van der Waals surface area contributed by atoms with Gasteiger partial charge in [-0.2, -0.15) is 0 Å². The van der Waals surface area contributed by atoms with Crippen LogP contribution < -0.4 is 0 Å². The molecular weight excluding hydrogens is 238 g/mol. The number of hydrogen-bond donors (Lipinski definition) is 1. The van der Waals surface area contributed by atoms with Gasteiger partial charge >= 0.3 is 0 Å². The second-order valence-corrected chi connectivity index (χ2v) is 4.80. The van der Waals surface area contributed by atoms with Crippen molar-refractivity contribution in [1.29, 1.82) is 0 Å². The van der Waals surface area contributed by atoms with Crippen molar-refractivity contribution in [3.05, 3.63) is 35.9 Å². The van der Waals surface area contributed by atoms with Crippen LogP contribution in [0.2, 0.25) is 0 Å². The number of nitrogens with zero attached hydrogens (tertiary/aromatic N) is 1. The molecule has 0 atom stereocenters. The standard InChI is InChI=1S/C11H15NO.C5H12O/c1-2-4-11(5-3-1)10-12-6-8-13-9-7-12;1-2-3-4-5-6/h1-5H,6-10H2;6H,2-5H2,1H3. The third kappa shape index (κ3) is 7.98. The lowest BCUT2D eigenvalue weighted by Crippen LogP contribution is -2.35. The quantitative estimate of drug-likeness (QED) is 0.831. The zero-order valence-electron chi connectivity index (χ0n) is 12.1. The van der Waals surface area contributed by atoms with Gasteiger partial charge < -0.3 is 9.84 Å². The van der Waals surface area contributed by atoms with Gasteiger partial charge in [0.1, 0.15) is 0 Å². The fraction of sp³-hybridized carbons (Fsp3) is 0.625. The van der Waals surface area contributed by atoms with Crippen LogP contribution in [0.1, 0.15) is 31.7 Å². The first-order valence-electron chi connectivity index (χ1n) is 7.31. The molecule has 0 spiro atoms. The van der Waals surface area contributed by atoms with Crippen molar-refractivity contribution in [1.82, 2.24) is 4.90 Å². The number of aliphatic hydroxyl groups excluding tert-OH is 1. The zero-order valence-corrected chi connectivity index (χ0v) is 12.1. The maximum Gasteiger partial charge on any atom is 0.0594 e. The van der Waals surface area contributed by atoms with Crippen LogP contribution in [0.3, 0.4) is 0 Å². The summed E-state index contributed by atoms with van der Waals surface area (Å²) in [4.78, 5) is 2.43. The highest BCUT2D eigenvalue weighted by Gasteiger charge is 2.09. The molecule has 19 heavy (non-hydrogen) atoms. The first-order valence-corrected chi connectivity index (χ1v) is 7.31. The smallest absolute Gasteiger partial charge is 0.0594 e. The molecule has 0 aromatic heterocycles. The molecule has 1 N–H and O–H groups in total. The summed E-state index contributed by atoms with van der Waals surface area (Å²) in [7, 11) is 0. The van der Waals surface area contributed by atoms with Crippen molar-refractivity contribution in [2.45, 2.75) is 32.7 Å². The molecule has 0 bridgehead atoms. The van der Waals surface area contributed by atoms with Crippen LogP contribution in [-0.4, -0.2) is 42.9 Å². The maximum atomic E-state index is 8.20. The highest BCUT2D eigenvalue weighted by molar-refractivity contribution is 5.14. The minimum atomic E-state index is 0.355. The molecule has 0 unspecified atom stereocenters. The van der Waals surface area contributed by atoms with Gasteiger partial charge in [0.15, 0.2) is 0 Å². The Balaban J connectivity index is 0.000000258. The first-order chi connectivity index (χ1) is 9.36. The van der Waals surface area contributed by atoms with Crippen LogP contribution in [0.5, 0.6) is 0 Å². The van der Waals surface area contributed by atoms with Crippen LogP contribution in [0.15, 0.2) is 30.3 Å². The molecular formula is C16H27NO2. The average Bonchev–Trinajstić information content (AvgIpc) is 2.48. The summed E-state index contributed by atoms with van der Waals surface area (Å²) in [5.41, 5.74) is 1.39. The molecule has 0 aliphatic carbocycles. The van der Waals surface area contributed by atoms with Crippen molar-refractivity contribution in [2.75, 3.05) is 32.9 Å². The van der Waals surface area contributed by atoms with Gasteiger partial charge in [0.2, 0.25) is 0 Å². The fourth-order valence-electron chi connectivity index (χ4n) is 1.96. The summed E-state index contributed by atoms with van der Waals surface area (Å²) >= 11 is 0. The Kier molecular flexibility index (Phi) is 9.33. The topological polar surface area (TPSA) is 32.7 Å². The second-order valence-electron chi connectivity index (χ2n) is 4.80. The third-order valence-corrected chi connectivity index (χ3v) is 3.11. The average molecular weight is 265 g/mol. The molecule has 0 radical (unpaired) electrons. The highest BCUT2D eigenvalue weighted by Crippen LogP contribution is 2.05. The largest absolute Gasteiger partial charge is 0.396 e. The lowest BCUT2D eigenvalue weighted by atomic mass is 10.2. The Bertz CT molecular complexity index is 293. The van der Waals surface area contributed by atoms with Gasteiger partial charge in [-0.25, -0.2) is 0 Å². The van der Waals surface area contributed by atoms with Gasteiger partial charge in [0, 0.05) is 26.2 Å². The van der Waals surface area contributed by atoms with Crippen molar-refractivity contribution in [3.63, 3.8) is 0 Å². The number of ether oxygens (including phenoxy) is 1. The maximum absolute atomic E-state index is 8.20. The summed E-state index contributed by atoms with van der Waals surface area (Å²) in [6, 6.07) is 10.6. The molecule has 0 amide bonds. The fourth-order valence-corrected chi connectivity index (χ4v) is 1.96. The lowest BCUT2D eigenvalue weighted by Gasteiger charge is -2.26. The van der Waals surface area contributed by atoms with Crippen LogP contribution in [-0.2, 0) is 11.3 Å². The molecule has 1 aliphatic rings. The van der Waals surface area contributed by atoms with E-state index >= 15 is 0 Å². The zero-order chi connectivity index (χ0) is 13.8. The summed E-state index contributed by atoms with van der Waals surface area (Å²) in [6.07, 6.45) is 3.33.